The molecule has 6 nitrogen and oxygen atoms in total. The van der Waals surface area contributed by atoms with E-state index >= 15 is 0 Å². The molecule has 1 amide bonds. The van der Waals surface area contributed by atoms with Crippen molar-refractivity contribution in [3.8, 4) is 11.3 Å². The summed E-state index contributed by atoms with van der Waals surface area (Å²) in [6, 6.07) is 8.26. The zero-order valence-electron chi connectivity index (χ0n) is 16.6. The summed E-state index contributed by atoms with van der Waals surface area (Å²) in [6.07, 6.45) is 0.299. The number of aromatic nitrogens is 2. The highest BCUT2D eigenvalue weighted by Crippen LogP contribution is 2.29. The number of amides is 1. The summed E-state index contributed by atoms with van der Waals surface area (Å²) in [5.41, 5.74) is 4.14. The van der Waals surface area contributed by atoms with Gasteiger partial charge in [0.15, 0.2) is 5.13 Å². The van der Waals surface area contributed by atoms with Crippen molar-refractivity contribution >= 4 is 33.7 Å². The minimum absolute atomic E-state index is 0.0608. The average molecular weight is 429 g/mol. The van der Waals surface area contributed by atoms with Gasteiger partial charge in [-0.05, 0) is 13.8 Å². The number of thiazole rings is 2. The predicted octanol–water partition coefficient (Wildman–Crippen LogP) is 3.90. The quantitative estimate of drug-likeness (QED) is 0.645. The van der Waals surface area contributed by atoms with Gasteiger partial charge in [0.2, 0.25) is 5.91 Å². The molecule has 0 unspecified atom stereocenters. The molecule has 3 heterocycles. The van der Waals surface area contributed by atoms with E-state index in [1.165, 1.54) is 16.9 Å². The van der Waals surface area contributed by atoms with Crippen LogP contribution < -0.4 is 5.32 Å². The highest BCUT2D eigenvalue weighted by Gasteiger charge is 2.17. The second kappa shape index (κ2) is 9.13. The molecule has 0 aliphatic carbocycles. The van der Waals surface area contributed by atoms with Crippen LogP contribution in [0.5, 0.6) is 0 Å². The molecule has 1 fully saturated rings. The van der Waals surface area contributed by atoms with E-state index in [1.54, 1.807) is 11.3 Å². The van der Waals surface area contributed by atoms with Crippen LogP contribution in [0.1, 0.15) is 21.1 Å². The molecular formula is C21H24N4O2S2. The van der Waals surface area contributed by atoms with Crippen LogP contribution in [0.4, 0.5) is 5.13 Å². The van der Waals surface area contributed by atoms with Crippen LogP contribution in [-0.4, -0.2) is 47.1 Å². The molecule has 1 aliphatic rings. The Labute approximate surface area is 178 Å². The lowest BCUT2D eigenvalue weighted by atomic mass is 10.1. The largest absolute Gasteiger partial charge is 0.379 e. The van der Waals surface area contributed by atoms with Crippen LogP contribution in [0.2, 0.25) is 0 Å². The van der Waals surface area contributed by atoms with Crippen LogP contribution in [0, 0.1) is 13.8 Å². The molecular weight excluding hydrogens is 404 g/mol. The Morgan fingerprint density at radius 2 is 1.93 bits per heavy atom. The van der Waals surface area contributed by atoms with Crippen LogP contribution in [-0.2, 0) is 22.5 Å². The molecule has 1 aromatic carbocycles. The molecule has 0 radical (unpaired) electrons. The number of hydrogen-bond acceptors (Lipinski definition) is 7. The van der Waals surface area contributed by atoms with Crippen molar-refractivity contribution in [1.82, 2.24) is 14.9 Å². The maximum absolute atomic E-state index is 12.6. The van der Waals surface area contributed by atoms with Crippen molar-refractivity contribution in [2.45, 2.75) is 26.8 Å². The maximum atomic E-state index is 12.6. The van der Waals surface area contributed by atoms with Crippen molar-refractivity contribution in [2.24, 2.45) is 0 Å². The number of morpholine rings is 1. The van der Waals surface area contributed by atoms with Crippen LogP contribution in [0.25, 0.3) is 11.3 Å². The van der Waals surface area contributed by atoms with Crippen molar-refractivity contribution in [2.75, 3.05) is 31.6 Å². The number of anilines is 1. The minimum atomic E-state index is -0.0608. The predicted molar refractivity (Wildman–Crippen MR) is 118 cm³/mol. The number of carbonyl (C=O) groups excluding carboxylic acids is 1. The Morgan fingerprint density at radius 3 is 2.69 bits per heavy atom. The molecule has 8 heteroatoms. The molecule has 0 spiro atoms. The molecule has 1 N–H and O–H groups in total. The molecule has 29 heavy (non-hydrogen) atoms. The van der Waals surface area contributed by atoms with Gasteiger partial charge in [-0.25, -0.2) is 9.97 Å². The van der Waals surface area contributed by atoms with Gasteiger partial charge in [-0.2, -0.15) is 0 Å². The third-order valence-electron chi connectivity index (χ3n) is 4.74. The summed E-state index contributed by atoms with van der Waals surface area (Å²) in [4.78, 5) is 25.2. The number of benzene rings is 1. The summed E-state index contributed by atoms with van der Waals surface area (Å²) >= 11 is 3.04. The third-order valence-corrected chi connectivity index (χ3v) is 6.52. The topological polar surface area (TPSA) is 67.4 Å². The van der Waals surface area contributed by atoms with Crippen molar-refractivity contribution in [3.05, 3.63) is 50.8 Å². The van der Waals surface area contributed by atoms with E-state index < -0.39 is 0 Å². The third kappa shape index (κ3) is 5.27. The number of carbonyl (C=O) groups is 1. The number of ether oxygens (including phenoxy) is 1. The first kappa shape index (κ1) is 20.2. The summed E-state index contributed by atoms with van der Waals surface area (Å²) < 4.78 is 5.38. The fraction of sp³-hybridized carbons (Fsp3) is 0.381. The Morgan fingerprint density at radius 1 is 1.17 bits per heavy atom. The van der Waals surface area contributed by atoms with E-state index in [4.69, 9.17) is 4.74 Å². The number of nitrogens with one attached hydrogen (secondary N) is 1. The summed E-state index contributed by atoms with van der Waals surface area (Å²) in [6.45, 7) is 8.21. The molecule has 1 saturated heterocycles. The number of nitrogens with zero attached hydrogens (tertiary/aromatic N) is 3. The molecule has 0 bridgehead atoms. The van der Waals surface area contributed by atoms with Crippen molar-refractivity contribution in [3.63, 3.8) is 0 Å². The van der Waals surface area contributed by atoms with E-state index in [0.29, 0.717) is 11.6 Å². The highest BCUT2D eigenvalue weighted by molar-refractivity contribution is 7.14. The van der Waals surface area contributed by atoms with Gasteiger partial charge in [-0.15, -0.1) is 22.7 Å². The van der Waals surface area contributed by atoms with Gasteiger partial charge in [0, 0.05) is 35.5 Å². The van der Waals surface area contributed by atoms with Crippen LogP contribution >= 0.6 is 22.7 Å². The second-order valence-corrected chi connectivity index (χ2v) is 9.27. The van der Waals surface area contributed by atoms with E-state index in [0.717, 1.165) is 59.7 Å². The molecule has 4 rings (SSSR count). The van der Waals surface area contributed by atoms with Crippen LogP contribution in [0.3, 0.4) is 0 Å². The number of rotatable bonds is 6. The lowest BCUT2D eigenvalue weighted by molar-refractivity contribution is -0.115. The first-order chi connectivity index (χ1) is 14.1. The lowest BCUT2D eigenvalue weighted by Gasteiger charge is -2.25. The molecule has 0 saturated carbocycles. The summed E-state index contributed by atoms with van der Waals surface area (Å²) in [5.74, 6) is -0.0608. The van der Waals surface area contributed by atoms with E-state index in [9.17, 15) is 4.79 Å². The second-order valence-electron chi connectivity index (χ2n) is 7.13. The highest BCUT2D eigenvalue weighted by atomic mass is 32.1. The van der Waals surface area contributed by atoms with Gasteiger partial charge in [0.1, 0.15) is 0 Å². The Hall–Kier alpha value is -2.13. The fourth-order valence-electron chi connectivity index (χ4n) is 3.26. The van der Waals surface area contributed by atoms with Gasteiger partial charge in [-0.3, -0.25) is 9.69 Å². The zero-order chi connectivity index (χ0) is 20.2. The van der Waals surface area contributed by atoms with E-state index in [1.807, 2.05) is 12.3 Å². The van der Waals surface area contributed by atoms with Crippen molar-refractivity contribution < 1.29 is 9.53 Å². The first-order valence-corrected chi connectivity index (χ1v) is 11.3. The van der Waals surface area contributed by atoms with Gasteiger partial charge >= 0.3 is 0 Å². The maximum Gasteiger partial charge on any atom is 0.231 e. The fourth-order valence-corrected chi connectivity index (χ4v) is 4.94. The molecule has 0 atom stereocenters. The lowest BCUT2D eigenvalue weighted by Crippen LogP contribution is -2.35. The Balaban J connectivity index is 1.39. The van der Waals surface area contributed by atoms with Gasteiger partial charge in [0.05, 0.1) is 36.0 Å². The van der Waals surface area contributed by atoms with E-state index in [2.05, 4.69) is 51.4 Å². The molecule has 1 aliphatic heterocycles. The summed E-state index contributed by atoms with van der Waals surface area (Å²) in [7, 11) is 0. The van der Waals surface area contributed by atoms with Gasteiger partial charge < -0.3 is 10.1 Å². The molecule has 2 aromatic heterocycles. The summed E-state index contributed by atoms with van der Waals surface area (Å²) in [5, 5.41) is 6.58. The standard InChI is InChI=1S/C21H24N4O2S2/c1-14-3-5-16(6-4-14)20-18(29-15(2)22-20)11-19(26)24-21-23-17(13-28-21)12-25-7-9-27-10-8-25/h3-6,13H,7-12H2,1-2H3,(H,23,24,26). The molecule has 152 valence electrons. The van der Waals surface area contributed by atoms with Gasteiger partial charge in [0.25, 0.3) is 0 Å². The van der Waals surface area contributed by atoms with Gasteiger partial charge in [-0.1, -0.05) is 29.8 Å². The Bertz CT molecular complexity index is 975. The SMILES string of the molecule is Cc1ccc(-c2nc(C)sc2CC(=O)Nc2nc(CN3CCOCC3)cs2)cc1. The molecule has 3 aromatic rings. The Kier molecular flexibility index (Phi) is 6.34. The normalized spacial score (nSPS) is 14.8. The monoisotopic (exact) mass is 428 g/mol. The smallest absolute Gasteiger partial charge is 0.231 e. The van der Waals surface area contributed by atoms with E-state index in [-0.39, 0.29) is 5.91 Å². The average Bonchev–Trinajstić information content (AvgIpc) is 3.29. The minimum Gasteiger partial charge on any atom is -0.379 e. The van der Waals surface area contributed by atoms with Crippen molar-refractivity contribution in [1.29, 1.82) is 0 Å². The van der Waals surface area contributed by atoms with Crippen LogP contribution in [0.15, 0.2) is 29.6 Å². The first-order valence-electron chi connectivity index (χ1n) is 9.64. The number of aryl methyl sites for hydroxylation is 2. The number of hydrogen-bond donors (Lipinski definition) is 1. The zero-order valence-corrected chi connectivity index (χ0v) is 18.2.